The van der Waals surface area contributed by atoms with Gasteiger partial charge in [-0.2, -0.15) is 0 Å². The summed E-state index contributed by atoms with van der Waals surface area (Å²) in [4.78, 5) is 14.9. The van der Waals surface area contributed by atoms with E-state index in [1.54, 1.807) is 0 Å². The molecule has 2 aromatic carbocycles. The maximum atomic E-state index is 12.5. The zero-order valence-electron chi connectivity index (χ0n) is 14.9. The minimum Gasteiger partial charge on any atom is -0.326 e. The number of carbonyl (C=O) groups excluding carboxylic acids is 1. The number of rotatable bonds is 4. The molecule has 3 nitrogen and oxygen atoms in total. The number of piperidine rings is 1. The Morgan fingerprint density at radius 3 is 2.40 bits per heavy atom. The lowest BCUT2D eigenvalue weighted by atomic mass is 9.95. The monoisotopic (exact) mass is 356 g/mol. The van der Waals surface area contributed by atoms with Crippen molar-refractivity contribution in [1.29, 1.82) is 0 Å². The molecule has 0 bridgehead atoms. The second-order valence-corrected chi connectivity index (χ2v) is 7.40. The van der Waals surface area contributed by atoms with Crippen molar-refractivity contribution in [2.24, 2.45) is 5.92 Å². The lowest BCUT2D eigenvalue weighted by Gasteiger charge is -2.31. The summed E-state index contributed by atoms with van der Waals surface area (Å²) in [5, 5.41) is 3.85. The fraction of sp³-hybridized carbons (Fsp3) is 0.381. The van der Waals surface area contributed by atoms with Crippen LogP contribution in [0.4, 0.5) is 5.69 Å². The van der Waals surface area contributed by atoms with Gasteiger partial charge in [0, 0.05) is 23.2 Å². The maximum absolute atomic E-state index is 12.5. The average Bonchev–Trinajstić information content (AvgIpc) is 2.61. The highest BCUT2D eigenvalue weighted by Gasteiger charge is 2.25. The van der Waals surface area contributed by atoms with Crippen LogP contribution in [-0.2, 0) is 11.3 Å². The summed E-state index contributed by atoms with van der Waals surface area (Å²) >= 11 is 5.94. The summed E-state index contributed by atoms with van der Waals surface area (Å²) < 4.78 is 0. The normalized spacial score (nSPS) is 16.0. The van der Waals surface area contributed by atoms with Crippen LogP contribution >= 0.6 is 11.6 Å². The fourth-order valence-electron chi connectivity index (χ4n) is 3.26. The predicted octanol–water partition coefficient (Wildman–Crippen LogP) is 4.81. The van der Waals surface area contributed by atoms with E-state index >= 15 is 0 Å². The van der Waals surface area contributed by atoms with Gasteiger partial charge in [0.1, 0.15) is 0 Å². The van der Waals surface area contributed by atoms with Gasteiger partial charge in [-0.3, -0.25) is 9.69 Å². The number of hydrogen-bond acceptors (Lipinski definition) is 2. The van der Waals surface area contributed by atoms with Crippen molar-refractivity contribution >= 4 is 23.2 Å². The molecule has 1 amide bonds. The number of carbonyl (C=O) groups is 1. The number of anilines is 1. The van der Waals surface area contributed by atoms with Gasteiger partial charge < -0.3 is 5.32 Å². The van der Waals surface area contributed by atoms with Gasteiger partial charge in [0.2, 0.25) is 5.91 Å². The molecule has 1 fully saturated rings. The molecule has 1 aliphatic heterocycles. The van der Waals surface area contributed by atoms with Gasteiger partial charge in [0.15, 0.2) is 0 Å². The minimum atomic E-state index is 0.100. The molecule has 0 aliphatic carbocycles. The molecule has 3 rings (SSSR count). The quantitative estimate of drug-likeness (QED) is 0.852. The Labute approximate surface area is 155 Å². The standard InChI is InChI=1S/C21H25ClN2O/c1-15-3-8-20(13-16(15)2)23-21(25)18-9-11-24(12-10-18)14-17-4-6-19(22)7-5-17/h3-8,13,18H,9-12,14H2,1-2H3,(H,23,25). The van der Waals surface area contributed by atoms with Crippen molar-refractivity contribution in [1.82, 2.24) is 4.90 Å². The van der Waals surface area contributed by atoms with E-state index in [9.17, 15) is 4.79 Å². The first-order chi connectivity index (χ1) is 12.0. The maximum Gasteiger partial charge on any atom is 0.227 e. The fourth-order valence-corrected chi connectivity index (χ4v) is 3.39. The second-order valence-electron chi connectivity index (χ2n) is 6.97. The molecule has 4 heteroatoms. The number of nitrogens with one attached hydrogen (secondary N) is 1. The second kappa shape index (κ2) is 8.03. The summed E-state index contributed by atoms with van der Waals surface area (Å²) in [6.07, 6.45) is 1.81. The summed E-state index contributed by atoms with van der Waals surface area (Å²) in [6, 6.07) is 14.1. The highest BCUT2D eigenvalue weighted by Crippen LogP contribution is 2.22. The third kappa shape index (κ3) is 4.83. The largest absolute Gasteiger partial charge is 0.326 e. The van der Waals surface area contributed by atoms with Gasteiger partial charge >= 0.3 is 0 Å². The van der Waals surface area contributed by atoms with Crippen LogP contribution < -0.4 is 5.32 Å². The molecule has 1 aliphatic rings. The molecule has 0 saturated carbocycles. The molecule has 0 unspecified atom stereocenters. The van der Waals surface area contributed by atoms with E-state index in [-0.39, 0.29) is 11.8 Å². The van der Waals surface area contributed by atoms with Crippen LogP contribution in [0.1, 0.15) is 29.5 Å². The Morgan fingerprint density at radius 2 is 1.76 bits per heavy atom. The Hall–Kier alpha value is -1.84. The third-order valence-electron chi connectivity index (χ3n) is 5.05. The Morgan fingerprint density at radius 1 is 1.08 bits per heavy atom. The van der Waals surface area contributed by atoms with E-state index in [4.69, 9.17) is 11.6 Å². The van der Waals surface area contributed by atoms with Gasteiger partial charge in [-0.1, -0.05) is 29.8 Å². The van der Waals surface area contributed by atoms with Crippen molar-refractivity contribution in [3.05, 3.63) is 64.2 Å². The predicted molar refractivity (Wildman–Crippen MR) is 104 cm³/mol. The van der Waals surface area contributed by atoms with E-state index in [1.807, 2.05) is 24.3 Å². The third-order valence-corrected chi connectivity index (χ3v) is 5.30. The lowest BCUT2D eigenvalue weighted by Crippen LogP contribution is -2.37. The van der Waals surface area contributed by atoms with Gasteiger partial charge in [0.25, 0.3) is 0 Å². The first kappa shape index (κ1) is 18.0. The number of likely N-dealkylation sites (tertiary alicyclic amines) is 1. The lowest BCUT2D eigenvalue weighted by molar-refractivity contribution is -0.121. The number of benzene rings is 2. The number of aryl methyl sites for hydroxylation is 2. The van der Waals surface area contributed by atoms with Crippen LogP contribution in [0.5, 0.6) is 0 Å². The van der Waals surface area contributed by atoms with E-state index in [2.05, 4.69) is 42.3 Å². The smallest absolute Gasteiger partial charge is 0.227 e. The molecule has 0 aromatic heterocycles. The molecule has 0 atom stereocenters. The van der Waals surface area contributed by atoms with E-state index in [1.165, 1.54) is 16.7 Å². The Kier molecular flexibility index (Phi) is 5.77. The Balaban J connectivity index is 1.50. The van der Waals surface area contributed by atoms with Crippen molar-refractivity contribution in [3.8, 4) is 0 Å². The molecular formula is C21H25ClN2O. The van der Waals surface area contributed by atoms with Crippen molar-refractivity contribution in [2.75, 3.05) is 18.4 Å². The molecule has 2 aromatic rings. The van der Waals surface area contributed by atoms with Crippen molar-refractivity contribution in [3.63, 3.8) is 0 Å². The van der Waals surface area contributed by atoms with Gasteiger partial charge in [-0.25, -0.2) is 0 Å². The van der Waals surface area contributed by atoms with Crippen molar-refractivity contribution in [2.45, 2.75) is 33.2 Å². The van der Waals surface area contributed by atoms with Crippen LogP contribution in [0.2, 0.25) is 5.02 Å². The molecule has 132 valence electrons. The Bertz CT molecular complexity index is 734. The SMILES string of the molecule is Cc1ccc(NC(=O)C2CCN(Cc3ccc(Cl)cc3)CC2)cc1C. The number of halogens is 1. The summed E-state index contributed by atoms with van der Waals surface area (Å²) in [7, 11) is 0. The number of nitrogens with zero attached hydrogens (tertiary/aromatic N) is 1. The zero-order valence-corrected chi connectivity index (χ0v) is 15.6. The van der Waals surface area contributed by atoms with Crippen LogP contribution in [0.15, 0.2) is 42.5 Å². The topological polar surface area (TPSA) is 32.3 Å². The first-order valence-corrected chi connectivity index (χ1v) is 9.24. The van der Waals surface area contributed by atoms with Gasteiger partial charge in [-0.15, -0.1) is 0 Å². The molecule has 1 saturated heterocycles. The molecule has 0 spiro atoms. The molecule has 25 heavy (non-hydrogen) atoms. The first-order valence-electron chi connectivity index (χ1n) is 8.86. The summed E-state index contributed by atoms with van der Waals surface area (Å²) in [5.74, 6) is 0.248. The van der Waals surface area contributed by atoms with Gasteiger partial charge in [0.05, 0.1) is 0 Å². The molecule has 0 radical (unpaired) electrons. The average molecular weight is 357 g/mol. The number of amides is 1. The van der Waals surface area contributed by atoms with E-state index in [0.717, 1.165) is 43.2 Å². The van der Waals surface area contributed by atoms with Crippen LogP contribution in [-0.4, -0.2) is 23.9 Å². The van der Waals surface area contributed by atoms with Gasteiger partial charge in [-0.05, 0) is 80.7 Å². The number of hydrogen-bond donors (Lipinski definition) is 1. The highest BCUT2D eigenvalue weighted by molar-refractivity contribution is 6.30. The highest BCUT2D eigenvalue weighted by atomic mass is 35.5. The van der Waals surface area contributed by atoms with Crippen LogP contribution in [0.25, 0.3) is 0 Å². The van der Waals surface area contributed by atoms with Crippen LogP contribution in [0, 0.1) is 19.8 Å². The summed E-state index contributed by atoms with van der Waals surface area (Å²) in [5.41, 5.74) is 4.61. The minimum absolute atomic E-state index is 0.100. The van der Waals surface area contributed by atoms with Crippen LogP contribution in [0.3, 0.4) is 0 Å². The molecular weight excluding hydrogens is 332 g/mol. The molecule has 1 heterocycles. The van der Waals surface area contributed by atoms with E-state index in [0.29, 0.717) is 0 Å². The zero-order chi connectivity index (χ0) is 17.8. The van der Waals surface area contributed by atoms with Crippen molar-refractivity contribution < 1.29 is 4.79 Å². The van der Waals surface area contributed by atoms with E-state index < -0.39 is 0 Å². The molecule has 1 N–H and O–H groups in total. The summed E-state index contributed by atoms with van der Waals surface area (Å²) in [6.45, 7) is 6.97.